The molecule has 0 spiro atoms. The Morgan fingerprint density at radius 2 is 1.52 bits per heavy atom. The molecule has 1 aliphatic carbocycles. The highest BCUT2D eigenvalue weighted by atomic mass is 28.3. The van der Waals surface area contributed by atoms with Crippen molar-refractivity contribution in [3.63, 3.8) is 0 Å². The first-order valence-electron chi connectivity index (χ1n) is 9.16. The van der Waals surface area contributed by atoms with Crippen molar-refractivity contribution >= 4 is 19.1 Å². The Morgan fingerprint density at radius 1 is 0.920 bits per heavy atom. The molecule has 1 atom stereocenters. The number of para-hydroxylation sites is 1. The smallest absolute Gasteiger partial charge is 0.211 e. The van der Waals surface area contributed by atoms with E-state index in [0.717, 1.165) is 12.8 Å². The molecule has 0 saturated carbocycles. The van der Waals surface area contributed by atoms with E-state index in [0.29, 0.717) is 5.41 Å². The van der Waals surface area contributed by atoms with Crippen LogP contribution in [0.2, 0.25) is 6.55 Å². The summed E-state index contributed by atoms with van der Waals surface area (Å²) in [4.78, 5) is 3.97. The average Bonchev–Trinajstić information content (AvgIpc) is 3.03. The minimum absolute atomic E-state index is 0.300. The predicted molar refractivity (Wildman–Crippen MR) is 113 cm³/mol. The Labute approximate surface area is 153 Å². The zero-order chi connectivity index (χ0) is 17.9. The lowest BCUT2D eigenvalue weighted by Gasteiger charge is -2.34. The SMILES string of the molecule is CC(C)(C)CC1=C([Si](C)(Nc2ccccc2)c2ccccc2)CC=C1. The largest absolute Gasteiger partial charge is 0.404 e. The van der Waals surface area contributed by atoms with Crippen molar-refractivity contribution in [2.45, 2.75) is 40.2 Å². The highest BCUT2D eigenvalue weighted by Crippen LogP contribution is 2.35. The lowest BCUT2D eigenvalue weighted by Crippen LogP contribution is -2.54. The molecule has 130 valence electrons. The molecule has 0 bridgehead atoms. The van der Waals surface area contributed by atoms with Gasteiger partial charge in [0.2, 0.25) is 8.24 Å². The molecule has 0 aliphatic heterocycles. The van der Waals surface area contributed by atoms with E-state index in [4.69, 9.17) is 0 Å². The molecule has 0 aromatic heterocycles. The number of anilines is 1. The van der Waals surface area contributed by atoms with Gasteiger partial charge < -0.3 is 4.98 Å². The van der Waals surface area contributed by atoms with Gasteiger partial charge in [0.05, 0.1) is 0 Å². The van der Waals surface area contributed by atoms with Gasteiger partial charge in [0.15, 0.2) is 0 Å². The predicted octanol–water partition coefficient (Wildman–Crippen LogP) is 5.81. The normalized spacial score (nSPS) is 16.8. The number of hydrogen-bond acceptors (Lipinski definition) is 1. The van der Waals surface area contributed by atoms with Crippen molar-refractivity contribution in [3.8, 4) is 0 Å². The summed E-state index contributed by atoms with van der Waals surface area (Å²) in [5, 5.41) is 3.07. The average molecular weight is 348 g/mol. The molecule has 0 saturated heterocycles. The molecule has 25 heavy (non-hydrogen) atoms. The van der Waals surface area contributed by atoms with E-state index in [9.17, 15) is 0 Å². The maximum Gasteiger partial charge on any atom is 0.211 e. The maximum absolute atomic E-state index is 3.97. The molecule has 1 nitrogen and oxygen atoms in total. The van der Waals surface area contributed by atoms with Crippen LogP contribution in [0.5, 0.6) is 0 Å². The van der Waals surface area contributed by atoms with E-state index in [1.807, 2.05) is 0 Å². The fourth-order valence-corrected chi connectivity index (χ4v) is 7.30. The van der Waals surface area contributed by atoms with Crippen LogP contribution in [-0.2, 0) is 0 Å². The highest BCUT2D eigenvalue weighted by Gasteiger charge is 2.37. The van der Waals surface area contributed by atoms with E-state index in [2.05, 4.69) is 105 Å². The van der Waals surface area contributed by atoms with Gasteiger partial charge in [-0.1, -0.05) is 87.0 Å². The van der Waals surface area contributed by atoms with Crippen LogP contribution in [0, 0.1) is 5.41 Å². The van der Waals surface area contributed by atoms with Gasteiger partial charge >= 0.3 is 0 Å². The molecular formula is C23H29NSi. The summed E-state index contributed by atoms with van der Waals surface area (Å²) in [5.41, 5.74) is 3.05. The first kappa shape index (κ1) is 17.8. The van der Waals surface area contributed by atoms with Gasteiger partial charge in [-0.15, -0.1) is 0 Å². The molecule has 1 N–H and O–H groups in total. The first-order chi connectivity index (χ1) is 11.9. The van der Waals surface area contributed by atoms with Gasteiger partial charge in [-0.25, -0.2) is 0 Å². The number of allylic oxidation sites excluding steroid dienone is 4. The lowest BCUT2D eigenvalue weighted by molar-refractivity contribution is 0.413. The van der Waals surface area contributed by atoms with Gasteiger partial charge in [0.1, 0.15) is 0 Å². The third kappa shape index (κ3) is 4.13. The summed E-state index contributed by atoms with van der Waals surface area (Å²) in [6, 6.07) is 21.7. The fourth-order valence-electron chi connectivity index (χ4n) is 3.72. The number of benzene rings is 2. The molecule has 1 unspecified atom stereocenters. The Kier molecular flexibility index (Phi) is 5.00. The number of hydrogen-bond donors (Lipinski definition) is 1. The summed E-state index contributed by atoms with van der Waals surface area (Å²) < 4.78 is 0. The minimum Gasteiger partial charge on any atom is -0.404 e. The molecule has 2 heteroatoms. The van der Waals surface area contributed by atoms with Crippen molar-refractivity contribution in [3.05, 3.63) is 83.6 Å². The summed E-state index contributed by atoms with van der Waals surface area (Å²) in [6.07, 6.45) is 6.91. The van der Waals surface area contributed by atoms with Crippen molar-refractivity contribution in [2.75, 3.05) is 4.98 Å². The summed E-state index contributed by atoms with van der Waals surface area (Å²) >= 11 is 0. The van der Waals surface area contributed by atoms with Gasteiger partial charge in [0, 0.05) is 5.69 Å². The molecular weight excluding hydrogens is 318 g/mol. The van der Waals surface area contributed by atoms with E-state index in [1.165, 1.54) is 16.4 Å². The summed E-state index contributed by atoms with van der Waals surface area (Å²) in [5.74, 6) is 0. The van der Waals surface area contributed by atoms with Crippen molar-refractivity contribution in [2.24, 2.45) is 5.41 Å². The first-order valence-corrected chi connectivity index (χ1v) is 11.7. The van der Waals surface area contributed by atoms with Crippen molar-refractivity contribution < 1.29 is 0 Å². The third-order valence-corrected chi connectivity index (χ3v) is 8.88. The zero-order valence-electron chi connectivity index (χ0n) is 15.8. The Balaban J connectivity index is 2.07. The minimum atomic E-state index is -2.03. The topological polar surface area (TPSA) is 12.0 Å². The van der Waals surface area contributed by atoms with Crippen molar-refractivity contribution in [1.29, 1.82) is 0 Å². The molecule has 0 heterocycles. The van der Waals surface area contributed by atoms with Gasteiger partial charge in [-0.05, 0) is 47.3 Å². The zero-order valence-corrected chi connectivity index (χ0v) is 16.8. The van der Waals surface area contributed by atoms with Crippen molar-refractivity contribution in [1.82, 2.24) is 0 Å². The molecule has 0 radical (unpaired) electrons. The molecule has 1 aliphatic rings. The maximum atomic E-state index is 3.97. The van der Waals surface area contributed by atoms with Crippen LogP contribution in [0.4, 0.5) is 5.69 Å². The second kappa shape index (κ2) is 7.05. The second-order valence-corrected chi connectivity index (χ2v) is 12.0. The van der Waals surface area contributed by atoms with Crippen LogP contribution in [0.15, 0.2) is 83.6 Å². The molecule has 3 rings (SSSR count). The van der Waals surface area contributed by atoms with E-state index in [-0.39, 0.29) is 0 Å². The second-order valence-electron chi connectivity index (χ2n) is 8.33. The quantitative estimate of drug-likeness (QED) is 0.673. The summed E-state index contributed by atoms with van der Waals surface area (Å²) in [6.45, 7) is 9.45. The molecule has 0 amide bonds. The van der Waals surface area contributed by atoms with Crippen LogP contribution < -0.4 is 10.2 Å². The molecule has 0 fully saturated rings. The van der Waals surface area contributed by atoms with Crippen LogP contribution in [0.1, 0.15) is 33.6 Å². The van der Waals surface area contributed by atoms with E-state index in [1.54, 1.807) is 5.20 Å². The third-order valence-electron chi connectivity index (χ3n) is 4.87. The van der Waals surface area contributed by atoms with Crippen LogP contribution in [0.3, 0.4) is 0 Å². The Hall–Kier alpha value is -2.06. The standard InChI is InChI=1S/C23H29NSi/c1-23(2,3)18-19-12-11-17-22(19)25(4,21-15-9-6-10-16-21)24-20-13-7-5-8-14-20/h5-16,24H,17-18H2,1-4H3. The Morgan fingerprint density at radius 3 is 2.12 bits per heavy atom. The fraction of sp³-hybridized carbons (Fsp3) is 0.304. The lowest BCUT2D eigenvalue weighted by atomic mass is 9.88. The number of rotatable bonds is 5. The molecule has 2 aromatic rings. The summed E-state index contributed by atoms with van der Waals surface area (Å²) in [7, 11) is -2.03. The van der Waals surface area contributed by atoms with Crippen LogP contribution >= 0.6 is 0 Å². The van der Waals surface area contributed by atoms with Crippen LogP contribution in [-0.4, -0.2) is 8.24 Å². The van der Waals surface area contributed by atoms with Gasteiger partial charge in [0.25, 0.3) is 0 Å². The highest BCUT2D eigenvalue weighted by molar-refractivity contribution is 6.99. The van der Waals surface area contributed by atoms with Gasteiger partial charge in [-0.2, -0.15) is 0 Å². The van der Waals surface area contributed by atoms with E-state index >= 15 is 0 Å². The molecule has 2 aromatic carbocycles. The number of nitrogens with one attached hydrogen (secondary N) is 1. The van der Waals surface area contributed by atoms with E-state index < -0.39 is 8.24 Å². The van der Waals surface area contributed by atoms with Crippen LogP contribution in [0.25, 0.3) is 0 Å². The Bertz CT molecular complexity index is 769. The van der Waals surface area contributed by atoms with Gasteiger partial charge in [-0.3, -0.25) is 0 Å². The monoisotopic (exact) mass is 347 g/mol.